The molecule has 0 saturated carbocycles. The summed E-state index contributed by atoms with van der Waals surface area (Å²) in [7, 11) is 1.92. The normalized spacial score (nSPS) is 13.3. The molecule has 2 aromatic heterocycles. The second-order valence-electron chi connectivity index (χ2n) is 7.98. The van der Waals surface area contributed by atoms with E-state index in [0.717, 1.165) is 39.9 Å². The molecule has 156 valence electrons. The van der Waals surface area contributed by atoms with E-state index in [9.17, 15) is 4.79 Å². The molecule has 0 atom stereocenters. The van der Waals surface area contributed by atoms with E-state index in [1.54, 1.807) is 0 Å². The van der Waals surface area contributed by atoms with Crippen molar-refractivity contribution in [2.75, 3.05) is 6.54 Å². The highest BCUT2D eigenvalue weighted by molar-refractivity contribution is 5.96. The molecular weight excluding hydrogens is 390 g/mol. The van der Waals surface area contributed by atoms with Gasteiger partial charge in [0.05, 0.1) is 6.54 Å². The van der Waals surface area contributed by atoms with Gasteiger partial charge in [-0.15, -0.1) is 0 Å². The number of rotatable bonds is 3. The molecule has 31 heavy (non-hydrogen) atoms. The molecule has 1 amide bonds. The van der Waals surface area contributed by atoms with Crippen LogP contribution < -0.4 is 0 Å². The largest absolute Gasteiger partial charge is 0.334 e. The van der Waals surface area contributed by atoms with E-state index >= 15 is 0 Å². The fourth-order valence-corrected chi connectivity index (χ4v) is 4.19. The van der Waals surface area contributed by atoms with Crippen LogP contribution in [0.4, 0.5) is 0 Å². The topological polar surface area (TPSA) is 77.1 Å². The van der Waals surface area contributed by atoms with E-state index in [0.29, 0.717) is 30.5 Å². The summed E-state index contributed by atoms with van der Waals surface area (Å²) in [6, 6.07) is 15.6. The third-order valence-corrected chi connectivity index (χ3v) is 5.80. The molecule has 1 aliphatic rings. The summed E-state index contributed by atoms with van der Waals surface area (Å²) in [5.41, 5.74) is 6.47. The van der Waals surface area contributed by atoms with Crippen LogP contribution in [0, 0.1) is 13.8 Å². The molecule has 3 heterocycles. The third-order valence-electron chi connectivity index (χ3n) is 5.80. The van der Waals surface area contributed by atoms with Crippen LogP contribution >= 0.6 is 0 Å². The van der Waals surface area contributed by atoms with Gasteiger partial charge in [0.1, 0.15) is 0 Å². The van der Waals surface area contributed by atoms with E-state index < -0.39 is 0 Å². The Balaban J connectivity index is 1.47. The summed E-state index contributed by atoms with van der Waals surface area (Å²) in [6.07, 6.45) is 0.731. The fourth-order valence-electron chi connectivity index (χ4n) is 4.19. The monoisotopic (exact) mass is 413 g/mol. The molecule has 0 aliphatic carbocycles. The first-order chi connectivity index (χ1) is 15.0. The van der Waals surface area contributed by atoms with Crippen LogP contribution in [0.5, 0.6) is 0 Å². The first kappa shape index (κ1) is 19.2. The van der Waals surface area contributed by atoms with Crippen LogP contribution in [0.1, 0.15) is 32.7 Å². The number of benzene rings is 2. The van der Waals surface area contributed by atoms with Crippen molar-refractivity contribution < 1.29 is 9.32 Å². The molecule has 5 rings (SSSR count). The molecule has 0 spiro atoms. The van der Waals surface area contributed by atoms with Gasteiger partial charge in [-0.2, -0.15) is 10.1 Å². The number of aryl methyl sites for hydroxylation is 3. The van der Waals surface area contributed by atoms with Gasteiger partial charge in [0.25, 0.3) is 11.8 Å². The summed E-state index contributed by atoms with van der Waals surface area (Å²) >= 11 is 0. The lowest BCUT2D eigenvalue weighted by molar-refractivity contribution is 0.0733. The molecule has 2 aromatic carbocycles. The Kier molecular flexibility index (Phi) is 4.66. The van der Waals surface area contributed by atoms with Crippen LogP contribution in [-0.4, -0.2) is 37.3 Å². The minimum absolute atomic E-state index is 0.0356. The molecule has 0 unspecified atom stereocenters. The number of carbonyl (C=O) groups is 1. The Hall–Kier alpha value is -3.74. The zero-order chi connectivity index (χ0) is 21.5. The predicted molar refractivity (Wildman–Crippen MR) is 116 cm³/mol. The Morgan fingerprint density at radius 3 is 2.68 bits per heavy atom. The van der Waals surface area contributed by atoms with Gasteiger partial charge >= 0.3 is 0 Å². The van der Waals surface area contributed by atoms with Gasteiger partial charge in [0.2, 0.25) is 5.82 Å². The highest BCUT2D eigenvalue weighted by Gasteiger charge is 2.30. The Labute approximate surface area is 180 Å². The van der Waals surface area contributed by atoms with E-state index in [4.69, 9.17) is 4.52 Å². The minimum Gasteiger partial charge on any atom is -0.334 e. The van der Waals surface area contributed by atoms with Crippen LogP contribution in [0.3, 0.4) is 0 Å². The molecule has 1 aliphatic heterocycles. The molecule has 0 radical (unpaired) electrons. The van der Waals surface area contributed by atoms with Gasteiger partial charge in [-0.25, -0.2) is 0 Å². The Morgan fingerprint density at radius 1 is 1.10 bits per heavy atom. The highest BCUT2D eigenvalue weighted by atomic mass is 16.5. The highest BCUT2D eigenvalue weighted by Crippen LogP contribution is 2.31. The van der Waals surface area contributed by atoms with Crippen molar-refractivity contribution in [3.05, 3.63) is 76.5 Å². The maximum absolute atomic E-state index is 13.2. The Bertz CT molecular complexity index is 1270. The van der Waals surface area contributed by atoms with Crippen LogP contribution in [0.25, 0.3) is 23.0 Å². The van der Waals surface area contributed by atoms with Crippen LogP contribution in [-0.2, 0) is 20.0 Å². The summed E-state index contributed by atoms with van der Waals surface area (Å²) in [5, 5.41) is 8.77. The van der Waals surface area contributed by atoms with Crippen molar-refractivity contribution in [2.45, 2.75) is 26.8 Å². The second-order valence-corrected chi connectivity index (χ2v) is 7.98. The zero-order valence-corrected chi connectivity index (χ0v) is 17.8. The maximum atomic E-state index is 13.2. The van der Waals surface area contributed by atoms with Gasteiger partial charge in [-0.1, -0.05) is 53.2 Å². The number of carbonyl (C=O) groups excluding carboxylic acids is 1. The second kappa shape index (κ2) is 7.50. The molecular formula is C24H23N5O2. The SMILES string of the molecule is Cc1ccc(C(=O)N2CCc3c(c(-c4nc(-c5ccccc5)no4)nn3C)C2)c(C)c1. The summed E-state index contributed by atoms with van der Waals surface area (Å²) in [6.45, 7) is 5.13. The van der Waals surface area contributed by atoms with Gasteiger partial charge in [0.15, 0.2) is 5.69 Å². The smallest absolute Gasteiger partial charge is 0.279 e. The quantitative estimate of drug-likeness (QED) is 0.508. The molecule has 7 nitrogen and oxygen atoms in total. The van der Waals surface area contributed by atoms with Crippen molar-refractivity contribution in [3.63, 3.8) is 0 Å². The molecule has 4 aromatic rings. The van der Waals surface area contributed by atoms with E-state index in [-0.39, 0.29) is 5.91 Å². The number of hydrogen-bond donors (Lipinski definition) is 0. The molecule has 0 N–H and O–H groups in total. The van der Waals surface area contributed by atoms with Crippen LogP contribution in [0.15, 0.2) is 53.1 Å². The van der Waals surface area contributed by atoms with Crippen molar-refractivity contribution in [1.29, 1.82) is 0 Å². The molecule has 7 heteroatoms. The summed E-state index contributed by atoms with van der Waals surface area (Å²) in [4.78, 5) is 19.7. The lowest BCUT2D eigenvalue weighted by Crippen LogP contribution is -2.36. The molecule has 0 saturated heterocycles. The van der Waals surface area contributed by atoms with E-state index in [2.05, 4.69) is 15.2 Å². The number of amides is 1. The van der Waals surface area contributed by atoms with Crippen molar-refractivity contribution >= 4 is 5.91 Å². The molecule has 0 fully saturated rings. The number of fused-ring (bicyclic) bond motifs is 1. The van der Waals surface area contributed by atoms with Gasteiger partial charge in [-0.05, 0) is 25.5 Å². The lowest BCUT2D eigenvalue weighted by Gasteiger charge is -2.28. The predicted octanol–water partition coefficient (Wildman–Crippen LogP) is 3.95. The lowest BCUT2D eigenvalue weighted by atomic mass is 10.0. The van der Waals surface area contributed by atoms with Crippen LogP contribution in [0.2, 0.25) is 0 Å². The van der Waals surface area contributed by atoms with Gasteiger partial charge in [0, 0.05) is 42.4 Å². The van der Waals surface area contributed by atoms with E-state index in [1.807, 2.05) is 79.0 Å². The average Bonchev–Trinajstić information content (AvgIpc) is 3.39. The number of nitrogens with zero attached hydrogens (tertiary/aromatic N) is 5. The van der Waals surface area contributed by atoms with Gasteiger partial charge < -0.3 is 9.42 Å². The average molecular weight is 413 g/mol. The molecule has 0 bridgehead atoms. The zero-order valence-electron chi connectivity index (χ0n) is 17.8. The third kappa shape index (κ3) is 3.42. The minimum atomic E-state index is 0.0356. The van der Waals surface area contributed by atoms with Gasteiger partial charge in [-0.3, -0.25) is 9.48 Å². The number of hydrogen-bond acceptors (Lipinski definition) is 5. The Morgan fingerprint density at radius 2 is 1.90 bits per heavy atom. The van der Waals surface area contributed by atoms with E-state index in [1.165, 1.54) is 0 Å². The summed E-state index contributed by atoms with van der Waals surface area (Å²) < 4.78 is 7.41. The van der Waals surface area contributed by atoms with Crippen molar-refractivity contribution in [3.8, 4) is 23.0 Å². The summed E-state index contributed by atoms with van der Waals surface area (Å²) in [5.74, 6) is 0.930. The maximum Gasteiger partial charge on any atom is 0.279 e. The fraction of sp³-hybridized carbons (Fsp3) is 0.250. The van der Waals surface area contributed by atoms with Crippen molar-refractivity contribution in [2.24, 2.45) is 7.05 Å². The standard InChI is InChI=1S/C24H23N5O2/c1-15-9-10-18(16(2)13-15)24(30)29-12-11-20-19(14-29)21(26-28(20)3)23-25-22(27-31-23)17-7-5-4-6-8-17/h4-10,13H,11-12,14H2,1-3H3. The first-order valence-electron chi connectivity index (χ1n) is 10.3. The number of aromatic nitrogens is 4. The first-order valence-corrected chi connectivity index (χ1v) is 10.3. The van der Waals surface area contributed by atoms with Crippen molar-refractivity contribution in [1.82, 2.24) is 24.8 Å².